The Morgan fingerprint density at radius 1 is 0.794 bits per heavy atom. The molecule has 0 aromatic heterocycles. The minimum atomic E-state index is -0.935. The van der Waals surface area contributed by atoms with Gasteiger partial charge in [0.05, 0.1) is 11.3 Å². The highest BCUT2D eigenvalue weighted by Gasteiger charge is 2.43. The van der Waals surface area contributed by atoms with Crippen molar-refractivity contribution in [3.05, 3.63) is 24.3 Å². The lowest BCUT2D eigenvalue weighted by atomic mass is 9.73. The van der Waals surface area contributed by atoms with Crippen molar-refractivity contribution in [2.75, 3.05) is 13.3 Å². The summed E-state index contributed by atoms with van der Waals surface area (Å²) in [5.41, 5.74) is -0.935. The molecule has 10 heteroatoms. The smallest absolute Gasteiger partial charge is 0.311 e. The molecule has 2 fully saturated rings. The number of rotatable bonds is 6. The van der Waals surface area contributed by atoms with Crippen molar-refractivity contribution >= 4 is 35.6 Å². The number of aliphatic carboxylic acids is 1. The molecule has 1 N–H and O–H groups in total. The Kier molecular flexibility index (Phi) is 8.36. The number of esters is 1. The molecule has 4 rings (SSSR count). The fourth-order valence-electron chi connectivity index (χ4n) is 4.70. The molecule has 2 saturated carbocycles. The van der Waals surface area contributed by atoms with E-state index in [9.17, 15) is 33.9 Å². The third kappa shape index (κ3) is 5.98. The van der Waals surface area contributed by atoms with Crippen LogP contribution in [-0.4, -0.2) is 63.7 Å². The van der Waals surface area contributed by atoms with Crippen LogP contribution in [0.1, 0.15) is 64.2 Å². The Hall–Kier alpha value is -3.30. The van der Waals surface area contributed by atoms with Gasteiger partial charge in [-0.05, 0) is 25.7 Å². The van der Waals surface area contributed by atoms with Crippen LogP contribution >= 0.6 is 0 Å². The van der Waals surface area contributed by atoms with Crippen molar-refractivity contribution in [2.24, 2.45) is 11.3 Å². The third-order valence-corrected chi connectivity index (χ3v) is 6.80. The predicted octanol–water partition coefficient (Wildman–Crippen LogP) is 1.94. The number of ether oxygens (including phenoxy) is 1. The Bertz CT molecular complexity index is 872. The second-order valence-electron chi connectivity index (χ2n) is 9.11. The first-order chi connectivity index (χ1) is 16.2. The van der Waals surface area contributed by atoms with E-state index >= 15 is 0 Å². The Morgan fingerprint density at radius 2 is 1.26 bits per heavy atom. The number of carbonyl (C=O) groups is 6. The molecule has 4 aliphatic rings. The van der Waals surface area contributed by atoms with Crippen LogP contribution in [0.4, 0.5) is 0 Å². The molecule has 10 nitrogen and oxygen atoms in total. The SMILES string of the molecule is O=C(OCN1C(=O)C=CC1=O)C1CCCCC1.O=C1C=CC(=O)N1CC1(C(=O)O)CCCCC1. The third-order valence-electron chi connectivity index (χ3n) is 6.80. The molecular formula is C24H30N2O8. The van der Waals surface area contributed by atoms with Crippen molar-refractivity contribution in [2.45, 2.75) is 64.2 Å². The molecule has 2 aliphatic heterocycles. The van der Waals surface area contributed by atoms with Crippen LogP contribution in [0.3, 0.4) is 0 Å². The summed E-state index contributed by atoms with van der Waals surface area (Å²) in [6, 6.07) is 0. The van der Waals surface area contributed by atoms with E-state index in [1.807, 2.05) is 0 Å². The van der Waals surface area contributed by atoms with Gasteiger partial charge in [0, 0.05) is 30.8 Å². The number of nitrogens with zero attached hydrogens (tertiary/aromatic N) is 2. The van der Waals surface area contributed by atoms with Gasteiger partial charge in [-0.25, -0.2) is 4.90 Å². The summed E-state index contributed by atoms with van der Waals surface area (Å²) in [6.45, 7) is -0.257. The monoisotopic (exact) mass is 474 g/mol. The summed E-state index contributed by atoms with van der Waals surface area (Å²) in [5.74, 6) is -2.91. The summed E-state index contributed by atoms with van der Waals surface area (Å²) in [7, 11) is 0. The van der Waals surface area contributed by atoms with Gasteiger partial charge in [-0.2, -0.15) is 0 Å². The number of carboxylic acids is 1. The topological polar surface area (TPSA) is 138 Å². The van der Waals surface area contributed by atoms with E-state index in [0.29, 0.717) is 12.8 Å². The van der Waals surface area contributed by atoms with Crippen molar-refractivity contribution in [3.8, 4) is 0 Å². The van der Waals surface area contributed by atoms with Crippen LogP contribution in [0, 0.1) is 11.3 Å². The lowest BCUT2D eigenvalue weighted by Gasteiger charge is -2.35. The van der Waals surface area contributed by atoms with E-state index in [0.717, 1.165) is 61.2 Å². The fraction of sp³-hybridized carbons (Fsp3) is 0.583. The average Bonchev–Trinajstić information content (AvgIpc) is 3.33. The maximum absolute atomic E-state index is 11.7. The van der Waals surface area contributed by atoms with E-state index in [4.69, 9.17) is 4.74 Å². The highest BCUT2D eigenvalue weighted by molar-refractivity contribution is 6.13. The van der Waals surface area contributed by atoms with E-state index in [-0.39, 0.29) is 25.2 Å². The lowest BCUT2D eigenvalue weighted by Crippen LogP contribution is -2.46. The molecule has 0 aromatic carbocycles. The Morgan fingerprint density at radius 3 is 1.76 bits per heavy atom. The van der Waals surface area contributed by atoms with E-state index in [2.05, 4.69) is 0 Å². The van der Waals surface area contributed by atoms with E-state index in [1.54, 1.807) is 0 Å². The van der Waals surface area contributed by atoms with Gasteiger partial charge in [-0.3, -0.25) is 33.7 Å². The normalized spacial score (nSPS) is 22.1. The van der Waals surface area contributed by atoms with Crippen molar-refractivity contribution in [3.63, 3.8) is 0 Å². The molecular weight excluding hydrogens is 444 g/mol. The maximum atomic E-state index is 11.7. The first kappa shape index (κ1) is 25.3. The Labute approximate surface area is 197 Å². The zero-order chi connectivity index (χ0) is 24.7. The molecule has 0 bridgehead atoms. The summed E-state index contributed by atoms with van der Waals surface area (Å²) < 4.78 is 5.01. The summed E-state index contributed by atoms with van der Waals surface area (Å²) in [4.78, 5) is 70.3. The molecule has 184 valence electrons. The van der Waals surface area contributed by atoms with E-state index < -0.39 is 35.0 Å². The van der Waals surface area contributed by atoms with Gasteiger partial charge in [0.1, 0.15) is 0 Å². The quantitative estimate of drug-likeness (QED) is 0.455. The van der Waals surface area contributed by atoms with Crippen molar-refractivity contribution < 1.29 is 38.6 Å². The number of imide groups is 2. The lowest BCUT2D eigenvalue weighted by molar-refractivity contribution is -0.159. The second kappa shape index (κ2) is 11.2. The molecule has 4 amide bonds. The highest BCUT2D eigenvalue weighted by atomic mass is 16.5. The van der Waals surface area contributed by atoms with Crippen LogP contribution in [-0.2, 0) is 33.5 Å². The fourth-order valence-corrected chi connectivity index (χ4v) is 4.70. The zero-order valence-corrected chi connectivity index (χ0v) is 19.1. The first-order valence-electron chi connectivity index (χ1n) is 11.7. The molecule has 0 aromatic rings. The Balaban J connectivity index is 0.000000191. The summed E-state index contributed by atoms with van der Waals surface area (Å²) in [5, 5.41) is 9.35. The number of amides is 4. The molecule has 0 spiro atoms. The van der Waals surface area contributed by atoms with Gasteiger partial charge in [-0.1, -0.05) is 38.5 Å². The van der Waals surface area contributed by atoms with Crippen LogP contribution < -0.4 is 0 Å². The van der Waals surface area contributed by atoms with Gasteiger partial charge in [0.15, 0.2) is 6.73 Å². The van der Waals surface area contributed by atoms with Crippen LogP contribution in [0.15, 0.2) is 24.3 Å². The molecule has 0 saturated heterocycles. The number of carboxylic acid groups (broad SMARTS) is 1. The summed E-state index contributed by atoms with van der Waals surface area (Å²) >= 11 is 0. The van der Waals surface area contributed by atoms with Crippen LogP contribution in [0.2, 0.25) is 0 Å². The summed E-state index contributed by atoms with van der Waals surface area (Å²) in [6.07, 6.45) is 13.5. The van der Waals surface area contributed by atoms with Crippen molar-refractivity contribution in [1.82, 2.24) is 9.80 Å². The minimum absolute atomic E-state index is 0.00694. The average molecular weight is 475 g/mol. The predicted molar refractivity (Wildman–Crippen MR) is 118 cm³/mol. The molecule has 34 heavy (non-hydrogen) atoms. The van der Waals surface area contributed by atoms with Gasteiger partial charge in [0.2, 0.25) is 0 Å². The minimum Gasteiger partial charge on any atom is -0.481 e. The molecule has 0 unspecified atom stereocenters. The molecule has 0 radical (unpaired) electrons. The van der Waals surface area contributed by atoms with Crippen molar-refractivity contribution in [1.29, 1.82) is 0 Å². The highest BCUT2D eigenvalue weighted by Crippen LogP contribution is 2.38. The molecule has 2 heterocycles. The second-order valence-corrected chi connectivity index (χ2v) is 9.11. The number of hydrogen-bond acceptors (Lipinski definition) is 7. The number of hydrogen-bond donors (Lipinski definition) is 1. The van der Waals surface area contributed by atoms with E-state index in [1.165, 1.54) is 24.3 Å². The van der Waals surface area contributed by atoms with Crippen LogP contribution in [0.5, 0.6) is 0 Å². The molecule has 2 aliphatic carbocycles. The van der Waals surface area contributed by atoms with Gasteiger partial charge in [-0.15, -0.1) is 0 Å². The standard InChI is InChI=1S/2C12H15NO4/c14-9-4-5-10(15)13(9)8-12(11(16)17)6-2-1-3-7-12;14-10-6-7-11(15)13(10)8-17-12(16)9-4-2-1-3-5-9/h4-5H,1-3,6-8H2,(H,16,17);6-7,9H,1-5,8H2. The zero-order valence-electron chi connectivity index (χ0n) is 19.1. The number of carbonyl (C=O) groups excluding carboxylic acids is 5. The maximum Gasteiger partial charge on any atom is 0.311 e. The largest absolute Gasteiger partial charge is 0.481 e. The van der Waals surface area contributed by atoms with Gasteiger partial charge in [0.25, 0.3) is 23.6 Å². The van der Waals surface area contributed by atoms with Gasteiger partial charge >= 0.3 is 11.9 Å². The van der Waals surface area contributed by atoms with Gasteiger partial charge < -0.3 is 9.84 Å². The molecule has 0 atom stereocenters. The van der Waals surface area contributed by atoms with Crippen LogP contribution in [0.25, 0.3) is 0 Å². The first-order valence-corrected chi connectivity index (χ1v) is 11.7.